The van der Waals surface area contributed by atoms with E-state index in [0.29, 0.717) is 5.71 Å². The molecule has 178 valence electrons. The number of furan rings is 1. The van der Waals surface area contributed by atoms with Crippen LogP contribution in [0.15, 0.2) is 108 Å². The summed E-state index contributed by atoms with van der Waals surface area (Å²) in [5, 5.41) is 2.06. The van der Waals surface area contributed by atoms with Crippen molar-refractivity contribution in [3.8, 4) is 22.6 Å². The van der Waals surface area contributed by atoms with Gasteiger partial charge in [-0.25, -0.2) is 9.97 Å². The smallest absolute Gasteiger partial charge is 0.227 e. The van der Waals surface area contributed by atoms with E-state index in [0.717, 1.165) is 56.6 Å². The van der Waals surface area contributed by atoms with Gasteiger partial charge in [0.25, 0.3) is 0 Å². The van der Waals surface area contributed by atoms with Crippen LogP contribution in [0.4, 0.5) is 0 Å². The lowest BCUT2D eigenvalue weighted by molar-refractivity contribution is 0.654. The van der Waals surface area contributed by atoms with Gasteiger partial charge in [-0.05, 0) is 60.9 Å². The minimum atomic E-state index is 0.647. The zero-order valence-corrected chi connectivity index (χ0v) is 20.8. The van der Waals surface area contributed by atoms with Crippen LogP contribution in [0.2, 0.25) is 0 Å². The lowest BCUT2D eigenvalue weighted by Crippen LogP contribution is -2.02. The number of pyridine rings is 1. The molecule has 0 aliphatic heterocycles. The molecule has 0 radical (unpaired) electrons. The van der Waals surface area contributed by atoms with Crippen LogP contribution in [-0.2, 0) is 6.54 Å². The summed E-state index contributed by atoms with van der Waals surface area (Å²) in [5.74, 6) is 0.893. The molecule has 0 unspecified atom stereocenters. The number of rotatable bonds is 4. The van der Waals surface area contributed by atoms with Gasteiger partial charge in [0.2, 0.25) is 5.71 Å². The molecule has 0 atom stereocenters. The Kier molecular flexibility index (Phi) is 4.93. The number of imidazole rings is 1. The maximum Gasteiger partial charge on any atom is 0.227 e. The van der Waals surface area contributed by atoms with E-state index >= 15 is 0 Å². The summed E-state index contributed by atoms with van der Waals surface area (Å²) in [5.41, 5.74) is 10.2. The number of benzene rings is 4. The molecule has 0 saturated carbocycles. The molecule has 4 aromatic carbocycles. The number of para-hydroxylation sites is 3. The van der Waals surface area contributed by atoms with Crippen molar-refractivity contribution in [3.05, 3.63) is 120 Å². The van der Waals surface area contributed by atoms with Gasteiger partial charge in [0.15, 0.2) is 0 Å². The Balaban J connectivity index is 1.45. The topological polar surface area (TPSA) is 43.9 Å². The van der Waals surface area contributed by atoms with Crippen molar-refractivity contribution in [1.82, 2.24) is 14.5 Å². The van der Waals surface area contributed by atoms with Gasteiger partial charge in [0.05, 0.1) is 22.3 Å². The van der Waals surface area contributed by atoms with Crippen LogP contribution in [-0.4, -0.2) is 14.5 Å². The van der Waals surface area contributed by atoms with Crippen LogP contribution >= 0.6 is 0 Å². The number of hydrogen-bond donors (Lipinski definition) is 0. The van der Waals surface area contributed by atoms with Crippen molar-refractivity contribution >= 4 is 33.1 Å². The van der Waals surface area contributed by atoms with E-state index in [1.54, 1.807) is 0 Å². The fourth-order valence-corrected chi connectivity index (χ4v) is 5.42. The first-order valence-corrected chi connectivity index (χ1v) is 12.6. The van der Waals surface area contributed by atoms with E-state index in [4.69, 9.17) is 14.4 Å². The van der Waals surface area contributed by atoms with Crippen LogP contribution in [0, 0.1) is 13.8 Å². The summed E-state index contributed by atoms with van der Waals surface area (Å²) in [7, 11) is 0. The molecular formula is C33H25N3O. The molecule has 37 heavy (non-hydrogen) atoms. The van der Waals surface area contributed by atoms with Gasteiger partial charge in [0.1, 0.15) is 11.4 Å². The van der Waals surface area contributed by atoms with E-state index in [1.807, 2.05) is 12.1 Å². The molecule has 0 amide bonds. The molecule has 7 rings (SSSR count). The van der Waals surface area contributed by atoms with Crippen molar-refractivity contribution in [1.29, 1.82) is 0 Å². The Bertz CT molecular complexity index is 1910. The molecule has 0 N–H and O–H groups in total. The number of aryl methyl sites for hydroxylation is 2. The molecule has 4 heteroatoms. The standard InChI is InChI=1S/C33H25N3O/c1-21-10-8-11-22(2)30(21)28-19-18-25-24-14-9-15-26(31(24)37-33(25)35-28)32-34-27-16-6-7-17-29(27)36(32)20-23-12-4-3-5-13-23/h3-19H,20H2,1-2H3. The average Bonchev–Trinajstić information content (AvgIpc) is 3.47. The second-order valence-corrected chi connectivity index (χ2v) is 9.60. The summed E-state index contributed by atoms with van der Waals surface area (Å²) >= 11 is 0. The summed E-state index contributed by atoms with van der Waals surface area (Å²) in [6.07, 6.45) is 0. The monoisotopic (exact) mass is 479 g/mol. The Hall–Kier alpha value is -4.70. The lowest BCUT2D eigenvalue weighted by atomic mass is 9.99. The number of nitrogens with zero attached hydrogens (tertiary/aromatic N) is 3. The molecule has 3 aromatic heterocycles. The van der Waals surface area contributed by atoms with Gasteiger partial charge in [-0.1, -0.05) is 72.8 Å². The third-order valence-corrected chi connectivity index (χ3v) is 7.18. The maximum atomic E-state index is 6.52. The fraction of sp³-hybridized carbons (Fsp3) is 0.0909. The number of fused-ring (bicyclic) bond motifs is 4. The summed E-state index contributed by atoms with van der Waals surface area (Å²) in [6, 6.07) is 35.7. The zero-order valence-electron chi connectivity index (χ0n) is 20.8. The maximum absolute atomic E-state index is 6.52. The predicted molar refractivity (Wildman–Crippen MR) is 151 cm³/mol. The molecular weight excluding hydrogens is 454 g/mol. The molecule has 0 saturated heterocycles. The van der Waals surface area contributed by atoms with Crippen molar-refractivity contribution in [2.75, 3.05) is 0 Å². The van der Waals surface area contributed by atoms with E-state index in [1.165, 1.54) is 16.7 Å². The number of hydrogen-bond acceptors (Lipinski definition) is 3. The zero-order chi connectivity index (χ0) is 24.9. The molecule has 4 nitrogen and oxygen atoms in total. The highest BCUT2D eigenvalue weighted by atomic mass is 16.3. The van der Waals surface area contributed by atoms with E-state index in [9.17, 15) is 0 Å². The second kappa shape index (κ2) is 8.45. The Morgan fingerprint density at radius 1 is 0.676 bits per heavy atom. The van der Waals surface area contributed by atoms with Crippen LogP contribution in [0.5, 0.6) is 0 Å². The first-order chi connectivity index (χ1) is 18.2. The van der Waals surface area contributed by atoms with Gasteiger partial charge >= 0.3 is 0 Å². The highest BCUT2D eigenvalue weighted by Gasteiger charge is 2.20. The van der Waals surface area contributed by atoms with Crippen LogP contribution in [0.3, 0.4) is 0 Å². The molecule has 3 heterocycles. The molecule has 7 aromatic rings. The van der Waals surface area contributed by atoms with E-state index in [2.05, 4.69) is 109 Å². The van der Waals surface area contributed by atoms with Gasteiger partial charge in [-0.15, -0.1) is 0 Å². The lowest BCUT2D eigenvalue weighted by Gasteiger charge is -2.10. The first-order valence-electron chi connectivity index (χ1n) is 12.6. The van der Waals surface area contributed by atoms with E-state index < -0.39 is 0 Å². The second-order valence-electron chi connectivity index (χ2n) is 9.60. The third kappa shape index (κ3) is 3.53. The van der Waals surface area contributed by atoms with Crippen LogP contribution in [0.1, 0.15) is 16.7 Å². The van der Waals surface area contributed by atoms with Crippen molar-refractivity contribution in [3.63, 3.8) is 0 Å². The SMILES string of the molecule is Cc1cccc(C)c1-c1ccc2c(n1)oc1c(-c3nc4ccccc4n3Cc3ccccc3)cccc12. The quantitative estimate of drug-likeness (QED) is 0.255. The summed E-state index contributed by atoms with van der Waals surface area (Å²) in [4.78, 5) is 10.0. The minimum absolute atomic E-state index is 0.647. The molecule has 0 aliphatic rings. The highest BCUT2D eigenvalue weighted by Crippen LogP contribution is 2.37. The van der Waals surface area contributed by atoms with Gasteiger partial charge < -0.3 is 8.98 Å². The van der Waals surface area contributed by atoms with Crippen LogP contribution in [0.25, 0.3) is 55.7 Å². The predicted octanol–water partition coefficient (Wildman–Crippen LogP) is 8.33. The summed E-state index contributed by atoms with van der Waals surface area (Å²) < 4.78 is 8.80. The van der Waals surface area contributed by atoms with Crippen molar-refractivity contribution in [2.45, 2.75) is 20.4 Å². The molecule has 0 fully saturated rings. The third-order valence-electron chi connectivity index (χ3n) is 7.18. The van der Waals surface area contributed by atoms with Crippen LogP contribution < -0.4 is 0 Å². The Morgan fingerprint density at radius 2 is 1.43 bits per heavy atom. The Labute approximate surface area is 214 Å². The first kappa shape index (κ1) is 21.6. The molecule has 0 spiro atoms. The van der Waals surface area contributed by atoms with E-state index in [-0.39, 0.29) is 0 Å². The highest BCUT2D eigenvalue weighted by molar-refractivity contribution is 6.08. The molecule has 0 aliphatic carbocycles. The number of aromatic nitrogens is 3. The fourth-order valence-electron chi connectivity index (χ4n) is 5.42. The van der Waals surface area contributed by atoms with Crippen molar-refractivity contribution in [2.24, 2.45) is 0 Å². The van der Waals surface area contributed by atoms with Gasteiger partial charge in [-0.3, -0.25) is 0 Å². The Morgan fingerprint density at radius 3 is 2.27 bits per heavy atom. The van der Waals surface area contributed by atoms with Gasteiger partial charge in [-0.2, -0.15) is 0 Å². The van der Waals surface area contributed by atoms with Gasteiger partial charge in [0, 0.05) is 22.9 Å². The normalized spacial score (nSPS) is 11.6. The largest absolute Gasteiger partial charge is 0.437 e. The minimum Gasteiger partial charge on any atom is -0.437 e. The average molecular weight is 480 g/mol. The molecule has 0 bridgehead atoms. The van der Waals surface area contributed by atoms with Crippen molar-refractivity contribution < 1.29 is 4.42 Å². The summed E-state index contributed by atoms with van der Waals surface area (Å²) in [6.45, 7) is 4.98.